The van der Waals surface area contributed by atoms with Gasteiger partial charge in [-0.05, 0) is 11.1 Å². The van der Waals surface area contributed by atoms with Gasteiger partial charge in [-0.15, -0.1) is 0 Å². The lowest BCUT2D eigenvalue weighted by atomic mass is 10.1. The van der Waals surface area contributed by atoms with Crippen molar-refractivity contribution < 1.29 is 8.42 Å². The summed E-state index contributed by atoms with van der Waals surface area (Å²) in [6.45, 7) is 1.37. The molecule has 0 aromatic heterocycles. The van der Waals surface area contributed by atoms with Crippen molar-refractivity contribution in [2.75, 3.05) is 11.5 Å². The van der Waals surface area contributed by atoms with Gasteiger partial charge in [-0.25, -0.2) is 8.42 Å². The second-order valence-corrected chi connectivity index (χ2v) is 8.18. The summed E-state index contributed by atoms with van der Waals surface area (Å²) in [5.74, 6) is 0.401. The molecule has 2 aromatic carbocycles. The summed E-state index contributed by atoms with van der Waals surface area (Å²) in [6.07, 6.45) is 0. The topological polar surface area (TPSA) is 58.2 Å². The van der Waals surface area contributed by atoms with Crippen molar-refractivity contribution in [2.45, 2.75) is 25.2 Å². The van der Waals surface area contributed by atoms with E-state index in [0.717, 1.165) is 0 Å². The molecular weight excluding hydrogens is 308 g/mol. The summed E-state index contributed by atoms with van der Waals surface area (Å²) in [5, 5.41) is 6.80. The van der Waals surface area contributed by atoms with Gasteiger partial charge in [0.15, 0.2) is 9.84 Å². The van der Waals surface area contributed by atoms with Crippen molar-refractivity contribution in [3.63, 3.8) is 0 Å². The first-order valence-electron chi connectivity index (χ1n) is 7.87. The van der Waals surface area contributed by atoms with Crippen LogP contribution in [0.2, 0.25) is 0 Å². The maximum atomic E-state index is 12.0. The highest BCUT2D eigenvalue weighted by molar-refractivity contribution is 7.91. The van der Waals surface area contributed by atoms with Crippen LogP contribution < -0.4 is 10.6 Å². The Kier molecular flexibility index (Phi) is 5.10. The first kappa shape index (κ1) is 16.2. The van der Waals surface area contributed by atoms with Gasteiger partial charge in [-0.2, -0.15) is 0 Å². The molecule has 0 saturated carbocycles. The van der Waals surface area contributed by atoms with E-state index in [-0.39, 0.29) is 23.6 Å². The SMILES string of the molecule is O=S1(=O)C[C@H](NCc2ccccc2)[C@H](NCc2ccccc2)C1. The standard InChI is InChI=1S/C18H22N2O2S/c21-23(22)13-17(19-11-15-7-3-1-4-8-15)18(14-23)20-12-16-9-5-2-6-10-16/h1-10,17-20H,11-14H2/t17-,18+. The first-order valence-corrected chi connectivity index (χ1v) is 9.69. The zero-order valence-electron chi connectivity index (χ0n) is 13.0. The summed E-state index contributed by atoms with van der Waals surface area (Å²) >= 11 is 0. The summed E-state index contributed by atoms with van der Waals surface area (Å²) in [6, 6.07) is 20.0. The van der Waals surface area contributed by atoms with E-state index in [4.69, 9.17) is 0 Å². The molecule has 1 heterocycles. The molecule has 0 radical (unpaired) electrons. The summed E-state index contributed by atoms with van der Waals surface area (Å²) in [7, 11) is -2.98. The molecular formula is C18H22N2O2S. The molecule has 4 nitrogen and oxygen atoms in total. The average Bonchev–Trinajstić information content (AvgIpc) is 2.87. The van der Waals surface area contributed by atoms with E-state index < -0.39 is 9.84 Å². The highest BCUT2D eigenvalue weighted by Crippen LogP contribution is 2.14. The van der Waals surface area contributed by atoms with Gasteiger partial charge in [-0.1, -0.05) is 60.7 Å². The number of hydrogen-bond acceptors (Lipinski definition) is 4. The van der Waals surface area contributed by atoms with Gasteiger partial charge in [-0.3, -0.25) is 0 Å². The molecule has 1 fully saturated rings. The summed E-state index contributed by atoms with van der Waals surface area (Å²) in [4.78, 5) is 0. The normalized spacial score (nSPS) is 23.0. The van der Waals surface area contributed by atoms with Crippen LogP contribution in [0.3, 0.4) is 0 Å². The summed E-state index contributed by atoms with van der Waals surface area (Å²) < 4.78 is 24.0. The predicted octanol–water partition coefficient (Wildman–Crippen LogP) is 1.73. The van der Waals surface area contributed by atoms with Crippen molar-refractivity contribution in [3.8, 4) is 0 Å². The third-order valence-electron chi connectivity index (χ3n) is 4.18. The lowest BCUT2D eigenvalue weighted by Crippen LogP contribution is -2.46. The minimum absolute atomic E-state index is 0.0519. The Bertz CT molecular complexity index is 660. The van der Waals surface area contributed by atoms with E-state index >= 15 is 0 Å². The van der Waals surface area contributed by atoms with Gasteiger partial charge in [0, 0.05) is 25.2 Å². The van der Waals surface area contributed by atoms with E-state index in [9.17, 15) is 8.42 Å². The van der Waals surface area contributed by atoms with Crippen LogP contribution in [0.5, 0.6) is 0 Å². The van der Waals surface area contributed by atoms with Crippen molar-refractivity contribution in [3.05, 3.63) is 71.8 Å². The molecule has 1 aliphatic rings. The predicted molar refractivity (Wildman–Crippen MR) is 92.8 cm³/mol. The minimum Gasteiger partial charge on any atom is -0.307 e. The van der Waals surface area contributed by atoms with Gasteiger partial charge in [0.05, 0.1) is 11.5 Å². The Morgan fingerprint density at radius 3 is 1.52 bits per heavy atom. The Balaban J connectivity index is 1.60. The van der Waals surface area contributed by atoms with Crippen molar-refractivity contribution in [2.24, 2.45) is 0 Å². The second kappa shape index (κ2) is 7.25. The van der Waals surface area contributed by atoms with Gasteiger partial charge in [0.25, 0.3) is 0 Å². The Hall–Kier alpha value is -1.69. The molecule has 23 heavy (non-hydrogen) atoms. The molecule has 0 spiro atoms. The Morgan fingerprint density at radius 2 is 1.13 bits per heavy atom. The fraction of sp³-hybridized carbons (Fsp3) is 0.333. The zero-order valence-corrected chi connectivity index (χ0v) is 13.8. The van der Waals surface area contributed by atoms with Crippen LogP contribution in [-0.4, -0.2) is 32.0 Å². The van der Waals surface area contributed by atoms with Crippen molar-refractivity contribution >= 4 is 9.84 Å². The average molecular weight is 330 g/mol. The molecule has 0 amide bonds. The fourth-order valence-corrected chi connectivity index (χ4v) is 4.87. The molecule has 1 aliphatic heterocycles. The molecule has 1 saturated heterocycles. The first-order chi connectivity index (χ1) is 11.1. The van der Waals surface area contributed by atoms with E-state index in [1.165, 1.54) is 11.1 Å². The Labute approximate surface area is 137 Å². The lowest BCUT2D eigenvalue weighted by molar-refractivity contribution is 0.430. The monoisotopic (exact) mass is 330 g/mol. The largest absolute Gasteiger partial charge is 0.307 e. The number of benzene rings is 2. The van der Waals surface area contributed by atoms with E-state index in [0.29, 0.717) is 13.1 Å². The van der Waals surface area contributed by atoms with Crippen LogP contribution in [0.1, 0.15) is 11.1 Å². The van der Waals surface area contributed by atoms with Crippen molar-refractivity contribution in [1.29, 1.82) is 0 Å². The third kappa shape index (κ3) is 4.64. The zero-order chi connectivity index (χ0) is 16.1. The third-order valence-corrected chi connectivity index (χ3v) is 5.91. The van der Waals surface area contributed by atoms with E-state index in [1.54, 1.807) is 0 Å². The van der Waals surface area contributed by atoms with Crippen LogP contribution in [-0.2, 0) is 22.9 Å². The highest BCUT2D eigenvalue weighted by Gasteiger charge is 2.36. The molecule has 0 bridgehead atoms. The molecule has 122 valence electrons. The van der Waals surface area contributed by atoms with Crippen LogP contribution in [0, 0.1) is 0 Å². The van der Waals surface area contributed by atoms with Gasteiger partial charge < -0.3 is 10.6 Å². The van der Waals surface area contributed by atoms with Crippen LogP contribution in [0.4, 0.5) is 0 Å². The fourth-order valence-electron chi connectivity index (χ4n) is 2.94. The van der Waals surface area contributed by atoms with Gasteiger partial charge >= 0.3 is 0 Å². The summed E-state index contributed by atoms with van der Waals surface area (Å²) in [5.41, 5.74) is 2.33. The maximum Gasteiger partial charge on any atom is 0.153 e. The van der Waals surface area contributed by atoms with Crippen molar-refractivity contribution in [1.82, 2.24) is 10.6 Å². The van der Waals surface area contributed by atoms with Crippen LogP contribution in [0.25, 0.3) is 0 Å². The smallest absolute Gasteiger partial charge is 0.153 e. The Morgan fingerprint density at radius 1 is 0.739 bits per heavy atom. The van der Waals surface area contributed by atoms with Crippen LogP contribution >= 0.6 is 0 Å². The number of sulfone groups is 1. The lowest BCUT2D eigenvalue weighted by Gasteiger charge is -2.21. The number of rotatable bonds is 6. The number of hydrogen-bond donors (Lipinski definition) is 2. The van der Waals surface area contributed by atoms with E-state index in [2.05, 4.69) is 10.6 Å². The van der Waals surface area contributed by atoms with Gasteiger partial charge in [0.1, 0.15) is 0 Å². The van der Waals surface area contributed by atoms with Gasteiger partial charge in [0.2, 0.25) is 0 Å². The minimum atomic E-state index is -2.98. The van der Waals surface area contributed by atoms with Crippen LogP contribution in [0.15, 0.2) is 60.7 Å². The molecule has 5 heteroatoms. The number of nitrogens with one attached hydrogen (secondary N) is 2. The highest BCUT2D eigenvalue weighted by atomic mass is 32.2. The maximum absolute atomic E-state index is 12.0. The molecule has 2 aromatic rings. The molecule has 2 atom stereocenters. The second-order valence-electron chi connectivity index (χ2n) is 6.02. The quantitative estimate of drug-likeness (QED) is 0.847. The molecule has 2 N–H and O–H groups in total. The van der Waals surface area contributed by atoms with E-state index in [1.807, 2.05) is 60.7 Å². The molecule has 0 aliphatic carbocycles. The molecule has 0 unspecified atom stereocenters. The molecule has 3 rings (SSSR count).